The molecule has 1 heterocycles. The van der Waals surface area contributed by atoms with Crippen molar-refractivity contribution in [3.63, 3.8) is 0 Å². The fourth-order valence-electron chi connectivity index (χ4n) is 1.63. The highest BCUT2D eigenvalue weighted by Crippen LogP contribution is 2.27. The molecule has 0 aliphatic heterocycles. The molecule has 2 aromatic rings. The van der Waals surface area contributed by atoms with Gasteiger partial charge in [0.25, 0.3) is 0 Å². The molecule has 0 amide bonds. The van der Waals surface area contributed by atoms with Gasteiger partial charge in [-0.2, -0.15) is 12.6 Å². The lowest BCUT2D eigenvalue weighted by Crippen LogP contribution is -2.08. The average Bonchev–Trinajstić information content (AvgIpc) is 2.75. The van der Waals surface area contributed by atoms with Crippen molar-refractivity contribution in [1.29, 1.82) is 0 Å². The van der Waals surface area contributed by atoms with E-state index in [1.165, 1.54) is 0 Å². The third-order valence-electron chi connectivity index (χ3n) is 2.64. The van der Waals surface area contributed by atoms with E-state index in [4.69, 9.17) is 0 Å². The number of H-pyrrole nitrogens is 2. The molecule has 2 rings (SSSR count). The summed E-state index contributed by atoms with van der Waals surface area (Å²) >= 11 is 4.50. The molecular formula is C12H15N3OS. The predicted octanol–water partition coefficient (Wildman–Crippen LogP) is 1.79. The number of rotatable bonds is 3. The lowest BCUT2D eigenvalue weighted by molar-refractivity contribution is 1.06. The van der Waals surface area contributed by atoms with Crippen LogP contribution in [0.5, 0.6) is 0 Å². The highest BCUT2D eigenvalue weighted by atomic mass is 32.1. The Morgan fingerprint density at radius 3 is 2.35 bits per heavy atom. The molecule has 1 unspecified atom stereocenters. The number of anilines is 1. The third-order valence-corrected chi connectivity index (χ3v) is 3.21. The van der Waals surface area contributed by atoms with E-state index in [2.05, 4.69) is 22.6 Å². The molecule has 2 N–H and O–H groups in total. The van der Waals surface area contributed by atoms with Crippen LogP contribution in [0.2, 0.25) is 0 Å². The van der Waals surface area contributed by atoms with Crippen molar-refractivity contribution in [3.8, 4) is 0 Å². The van der Waals surface area contributed by atoms with Gasteiger partial charge in [0.15, 0.2) is 0 Å². The standard InChI is InChI=1S/C12H15N3OS/c1-15(2)9-5-3-8(4-6-9)11(17)10-7-13-12(16)14-10/h3-7,11,17H,1-2H3,(H2,13,14,16). The summed E-state index contributed by atoms with van der Waals surface area (Å²) in [4.78, 5) is 18.3. The summed E-state index contributed by atoms with van der Waals surface area (Å²) in [6, 6.07) is 8.09. The van der Waals surface area contributed by atoms with E-state index in [-0.39, 0.29) is 10.9 Å². The van der Waals surface area contributed by atoms with E-state index in [1.54, 1.807) is 6.20 Å². The molecule has 1 aromatic carbocycles. The van der Waals surface area contributed by atoms with Gasteiger partial charge in [-0.15, -0.1) is 0 Å². The fraction of sp³-hybridized carbons (Fsp3) is 0.250. The number of benzene rings is 1. The lowest BCUT2D eigenvalue weighted by Gasteiger charge is -2.14. The van der Waals surface area contributed by atoms with Crippen LogP contribution in [-0.4, -0.2) is 24.1 Å². The largest absolute Gasteiger partial charge is 0.378 e. The minimum absolute atomic E-state index is 0.120. The number of aromatic nitrogens is 2. The first-order valence-corrected chi connectivity index (χ1v) is 5.82. The third kappa shape index (κ3) is 2.55. The number of aromatic amines is 2. The van der Waals surface area contributed by atoms with Gasteiger partial charge in [-0.25, -0.2) is 4.79 Å². The second-order valence-corrected chi connectivity index (χ2v) is 4.60. The maximum Gasteiger partial charge on any atom is 0.323 e. The van der Waals surface area contributed by atoms with E-state index < -0.39 is 0 Å². The van der Waals surface area contributed by atoms with Crippen molar-refractivity contribution >= 4 is 18.3 Å². The second-order valence-electron chi connectivity index (χ2n) is 4.09. The van der Waals surface area contributed by atoms with Crippen LogP contribution in [0.15, 0.2) is 35.3 Å². The zero-order valence-electron chi connectivity index (χ0n) is 9.77. The Bertz CT molecular complexity index is 541. The summed E-state index contributed by atoms with van der Waals surface area (Å²) in [5.41, 5.74) is 2.76. The van der Waals surface area contributed by atoms with Gasteiger partial charge in [0, 0.05) is 26.0 Å². The van der Waals surface area contributed by atoms with Crippen LogP contribution in [0, 0.1) is 0 Å². The first-order chi connectivity index (χ1) is 8.08. The van der Waals surface area contributed by atoms with Crippen molar-refractivity contribution in [3.05, 3.63) is 52.2 Å². The summed E-state index contributed by atoms with van der Waals surface area (Å²) < 4.78 is 0. The molecule has 17 heavy (non-hydrogen) atoms. The van der Waals surface area contributed by atoms with Gasteiger partial charge in [0.2, 0.25) is 0 Å². The molecular weight excluding hydrogens is 234 g/mol. The van der Waals surface area contributed by atoms with Crippen molar-refractivity contribution in [2.24, 2.45) is 0 Å². The number of nitrogens with one attached hydrogen (secondary N) is 2. The maximum absolute atomic E-state index is 11.0. The molecule has 0 saturated carbocycles. The number of hydrogen-bond acceptors (Lipinski definition) is 3. The highest BCUT2D eigenvalue weighted by molar-refractivity contribution is 7.80. The SMILES string of the molecule is CN(C)c1ccc(C(S)c2c[nH]c(=O)[nH]2)cc1. The quantitative estimate of drug-likeness (QED) is 0.726. The van der Waals surface area contributed by atoms with Crippen LogP contribution < -0.4 is 10.6 Å². The normalized spacial score (nSPS) is 12.4. The smallest absolute Gasteiger partial charge is 0.323 e. The maximum atomic E-state index is 11.0. The fourth-order valence-corrected chi connectivity index (χ4v) is 1.94. The van der Waals surface area contributed by atoms with Gasteiger partial charge >= 0.3 is 5.69 Å². The summed E-state index contributed by atoms with van der Waals surface area (Å²) in [6.45, 7) is 0. The Kier molecular flexibility index (Phi) is 3.28. The summed E-state index contributed by atoms with van der Waals surface area (Å²) in [6.07, 6.45) is 1.65. The van der Waals surface area contributed by atoms with E-state index in [1.807, 2.05) is 43.3 Å². The Morgan fingerprint density at radius 2 is 1.88 bits per heavy atom. The molecule has 90 valence electrons. The number of thiol groups is 1. The minimum Gasteiger partial charge on any atom is -0.378 e. The van der Waals surface area contributed by atoms with E-state index >= 15 is 0 Å². The summed E-state index contributed by atoms with van der Waals surface area (Å²) in [5.74, 6) is 0. The molecule has 0 saturated heterocycles. The van der Waals surface area contributed by atoms with Crippen molar-refractivity contribution in [2.45, 2.75) is 5.25 Å². The van der Waals surface area contributed by atoms with Gasteiger partial charge in [-0.1, -0.05) is 12.1 Å². The number of imidazole rings is 1. The van der Waals surface area contributed by atoms with E-state index in [9.17, 15) is 4.79 Å². The zero-order chi connectivity index (χ0) is 12.4. The van der Waals surface area contributed by atoms with Crippen molar-refractivity contribution in [2.75, 3.05) is 19.0 Å². The predicted molar refractivity (Wildman–Crippen MR) is 73.0 cm³/mol. The minimum atomic E-state index is -0.205. The average molecular weight is 249 g/mol. The zero-order valence-corrected chi connectivity index (χ0v) is 10.7. The van der Waals surface area contributed by atoms with Crippen molar-refractivity contribution < 1.29 is 0 Å². The van der Waals surface area contributed by atoms with Crippen LogP contribution in [0.25, 0.3) is 0 Å². The van der Waals surface area contributed by atoms with Crippen LogP contribution in [0.4, 0.5) is 5.69 Å². The number of nitrogens with zero attached hydrogens (tertiary/aromatic N) is 1. The summed E-state index contributed by atoms with van der Waals surface area (Å²) in [7, 11) is 3.99. The highest BCUT2D eigenvalue weighted by Gasteiger charge is 2.11. The molecule has 4 nitrogen and oxygen atoms in total. The monoisotopic (exact) mass is 249 g/mol. The first-order valence-electron chi connectivity index (χ1n) is 5.31. The topological polar surface area (TPSA) is 51.9 Å². The molecule has 0 aliphatic rings. The second kappa shape index (κ2) is 4.71. The molecule has 0 radical (unpaired) electrons. The molecule has 1 atom stereocenters. The molecule has 0 spiro atoms. The van der Waals surface area contributed by atoms with Gasteiger partial charge < -0.3 is 14.9 Å². The van der Waals surface area contributed by atoms with Crippen LogP contribution in [-0.2, 0) is 0 Å². The van der Waals surface area contributed by atoms with Crippen LogP contribution in [0.3, 0.4) is 0 Å². The van der Waals surface area contributed by atoms with E-state index in [0.29, 0.717) is 0 Å². The van der Waals surface area contributed by atoms with Gasteiger partial charge in [0.05, 0.1) is 10.9 Å². The van der Waals surface area contributed by atoms with Crippen LogP contribution >= 0.6 is 12.6 Å². The molecule has 0 aliphatic carbocycles. The van der Waals surface area contributed by atoms with E-state index in [0.717, 1.165) is 16.9 Å². The Morgan fingerprint density at radius 1 is 1.24 bits per heavy atom. The van der Waals surface area contributed by atoms with Crippen molar-refractivity contribution in [1.82, 2.24) is 9.97 Å². The molecule has 1 aromatic heterocycles. The first kappa shape index (κ1) is 11.9. The molecule has 0 bridgehead atoms. The Balaban J connectivity index is 2.25. The number of hydrogen-bond donors (Lipinski definition) is 3. The summed E-state index contributed by atoms with van der Waals surface area (Å²) in [5, 5.41) is -0.120. The Hall–Kier alpha value is -1.62. The lowest BCUT2D eigenvalue weighted by atomic mass is 10.1. The van der Waals surface area contributed by atoms with Gasteiger partial charge in [-0.05, 0) is 17.7 Å². The van der Waals surface area contributed by atoms with Gasteiger partial charge in [-0.3, -0.25) is 0 Å². The van der Waals surface area contributed by atoms with Crippen LogP contribution in [0.1, 0.15) is 16.5 Å². The Labute approximate surface area is 105 Å². The molecule has 5 heteroatoms. The van der Waals surface area contributed by atoms with Gasteiger partial charge in [0.1, 0.15) is 0 Å². The molecule has 0 fully saturated rings.